The number of benzene rings is 4. The standard InChI is InChI=1S/C27H18Br2N2O3/c28-21-9-11-25-19(12-21)14-26(34-25)27(32)31-30-15-20-13-22(29)8-10-24(20)33-16-18-6-3-5-17-4-1-2-7-23(17)18/h1-15H,16H2,(H,31,32)/b30-15-. The van der Waals surface area contributed by atoms with Gasteiger partial charge in [-0.25, -0.2) is 5.43 Å². The van der Waals surface area contributed by atoms with E-state index in [4.69, 9.17) is 9.15 Å². The molecule has 0 bridgehead atoms. The van der Waals surface area contributed by atoms with E-state index in [-0.39, 0.29) is 5.76 Å². The zero-order valence-corrected chi connectivity index (χ0v) is 21.0. The van der Waals surface area contributed by atoms with Crippen LogP contribution in [0.1, 0.15) is 21.7 Å². The molecule has 4 aromatic carbocycles. The first kappa shape index (κ1) is 22.4. The Labute approximate surface area is 212 Å². The summed E-state index contributed by atoms with van der Waals surface area (Å²) in [4.78, 5) is 12.5. The molecular weight excluding hydrogens is 560 g/mol. The van der Waals surface area contributed by atoms with Gasteiger partial charge in [0.15, 0.2) is 5.76 Å². The van der Waals surface area contributed by atoms with Crippen LogP contribution in [0.5, 0.6) is 5.75 Å². The van der Waals surface area contributed by atoms with Crippen molar-refractivity contribution in [3.05, 3.63) is 111 Å². The molecule has 1 heterocycles. The molecular formula is C27H18Br2N2O3. The van der Waals surface area contributed by atoms with Crippen molar-refractivity contribution in [1.29, 1.82) is 0 Å². The Morgan fingerprint density at radius 3 is 2.62 bits per heavy atom. The molecule has 0 saturated carbocycles. The van der Waals surface area contributed by atoms with Crippen LogP contribution in [0.25, 0.3) is 21.7 Å². The third-order valence-corrected chi connectivity index (χ3v) is 6.29. The lowest BCUT2D eigenvalue weighted by molar-refractivity contribution is 0.0929. The molecule has 0 saturated heterocycles. The fourth-order valence-electron chi connectivity index (χ4n) is 3.67. The Kier molecular flexibility index (Phi) is 6.47. The number of nitrogens with zero attached hydrogens (tertiary/aromatic N) is 1. The number of fused-ring (bicyclic) bond motifs is 2. The summed E-state index contributed by atoms with van der Waals surface area (Å²) in [6.07, 6.45) is 1.56. The first-order valence-corrected chi connectivity index (χ1v) is 12.1. The zero-order chi connectivity index (χ0) is 23.5. The fourth-order valence-corrected chi connectivity index (χ4v) is 4.42. The third kappa shape index (κ3) is 4.90. The van der Waals surface area contributed by atoms with Gasteiger partial charge in [-0.05, 0) is 58.8 Å². The van der Waals surface area contributed by atoms with E-state index >= 15 is 0 Å². The molecule has 5 rings (SSSR count). The number of rotatable bonds is 6. The minimum absolute atomic E-state index is 0.187. The molecule has 0 fully saturated rings. The molecule has 0 aliphatic rings. The van der Waals surface area contributed by atoms with Gasteiger partial charge in [0.1, 0.15) is 17.9 Å². The van der Waals surface area contributed by atoms with Crippen LogP contribution in [0.3, 0.4) is 0 Å². The van der Waals surface area contributed by atoms with Gasteiger partial charge in [-0.3, -0.25) is 4.79 Å². The summed E-state index contributed by atoms with van der Waals surface area (Å²) in [5.74, 6) is 0.409. The average Bonchev–Trinajstić information content (AvgIpc) is 3.27. The molecule has 1 N–H and O–H groups in total. The quantitative estimate of drug-likeness (QED) is 0.168. The fraction of sp³-hybridized carbons (Fsp3) is 0.0370. The number of ether oxygens (including phenoxy) is 1. The van der Waals surface area contributed by atoms with Gasteiger partial charge in [0.2, 0.25) is 0 Å². The number of carbonyl (C=O) groups excluding carboxylic acids is 1. The van der Waals surface area contributed by atoms with Crippen molar-refractivity contribution in [1.82, 2.24) is 5.43 Å². The third-order valence-electron chi connectivity index (χ3n) is 5.31. The van der Waals surface area contributed by atoms with Crippen molar-refractivity contribution in [2.45, 2.75) is 6.61 Å². The summed E-state index contributed by atoms with van der Waals surface area (Å²) in [6, 6.07) is 27.3. The Balaban J connectivity index is 1.31. The number of hydrazone groups is 1. The van der Waals surface area contributed by atoms with Crippen LogP contribution in [-0.4, -0.2) is 12.1 Å². The molecule has 168 valence electrons. The Bertz CT molecular complexity index is 1540. The maximum absolute atomic E-state index is 12.5. The van der Waals surface area contributed by atoms with E-state index < -0.39 is 5.91 Å². The molecule has 0 aliphatic carbocycles. The second-order valence-corrected chi connectivity index (χ2v) is 9.43. The van der Waals surface area contributed by atoms with Crippen molar-refractivity contribution < 1.29 is 13.9 Å². The second kappa shape index (κ2) is 9.83. The Hall–Kier alpha value is -3.42. The van der Waals surface area contributed by atoms with Gasteiger partial charge >= 0.3 is 5.91 Å². The van der Waals surface area contributed by atoms with Crippen LogP contribution < -0.4 is 10.2 Å². The summed E-state index contributed by atoms with van der Waals surface area (Å²) < 4.78 is 13.5. The summed E-state index contributed by atoms with van der Waals surface area (Å²) in [6.45, 7) is 0.407. The minimum Gasteiger partial charge on any atom is -0.488 e. The highest BCUT2D eigenvalue weighted by atomic mass is 79.9. The molecule has 7 heteroatoms. The molecule has 0 aliphatic heterocycles. The molecule has 1 amide bonds. The van der Waals surface area contributed by atoms with Crippen molar-refractivity contribution in [2.75, 3.05) is 0 Å². The van der Waals surface area contributed by atoms with Crippen molar-refractivity contribution in [3.8, 4) is 5.75 Å². The van der Waals surface area contributed by atoms with Crippen LogP contribution in [0.4, 0.5) is 0 Å². The minimum atomic E-state index is -0.434. The van der Waals surface area contributed by atoms with Gasteiger partial charge in [-0.15, -0.1) is 0 Å². The normalized spacial score (nSPS) is 11.4. The summed E-state index contributed by atoms with van der Waals surface area (Å²) in [5, 5.41) is 7.27. The van der Waals surface area contributed by atoms with E-state index in [0.29, 0.717) is 17.9 Å². The Morgan fingerprint density at radius 1 is 0.912 bits per heavy atom. The molecule has 0 unspecified atom stereocenters. The topological polar surface area (TPSA) is 63.8 Å². The molecule has 5 nitrogen and oxygen atoms in total. The van der Waals surface area contributed by atoms with E-state index in [9.17, 15) is 4.79 Å². The van der Waals surface area contributed by atoms with Crippen LogP contribution in [0.15, 0.2) is 103 Å². The zero-order valence-electron chi connectivity index (χ0n) is 17.8. The number of furan rings is 1. The number of carbonyl (C=O) groups is 1. The lowest BCUT2D eigenvalue weighted by atomic mass is 10.1. The van der Waals surface area contributed by atoms with E-state index in [2.05, 4.69) is 66.7 Å². The van der Waals surface area contributed by atoms with E-state index in [1.807, 2.05) is 48.5 Å². The van der Waals surface area contributed by atoms with Crippen LogP contribution >= 0.6 is 31.9 Å². The highest BCUT2D eigenvalue weighted by Gasteiger charge is 2.12. The van der Waals surface area contributed by atoms with Gasteiger partial charge in [0, 0.05) is 19.9 Å². The maximum Gasteiger partial charge on any atom is 0.307 e. The van der Waals surface area contributed by atoms with Gasteiger partial charge in [0.05, 0.1) is 6.21 Å². The smallest absolute Gasteiger partial charge is 0.307 e. The summed E-state index contributed by atoms with van der Waals surface area (Å²) >= 11 is 6.90. The number of nitrogens with one attached hydrogen (secondary N) is 1. The summed E-state index contributed by atoms with van der Waals surface area (Å²) in [5.41, 5.74) is 4.97. The number of hydrogen-bond acceptors (Lipinski definition) is 4. The number of amides is 1. The Morgan fingerprint density at radius 2 is 1.71 bits per heavy atom. The number of halogens is 2. The molecule has 0 radical (unpaired) electrons. The first-order chi connectivity index (χ1) is 16.6. The van der Waals surface area contributed by atoms with Crippen LogP contribution in [-0.2, 0) is 6.61 Å². The van der Waals surface area contributed by atoms with Gasteiger partial charge in [-0.2, -0.15) is 5.10 Å². The molecule has 0 spiro atoms. The second-order valence-electron chi connectivity index (χ2n) is 7.60. The summed E-state index contributed by atoms with van der Waals surface area (Å²) in [7, 11) is 0. The highest BCUT2D eigenvalue weighted by Crippen LogP contribution is 2.26. The van der Waals surface area contributed by atoms with Crippen LogP contribution in [0.2, 0.25) is 0 Å². The predicted molar refractivity (Wildman–Crippen MR) is 141 cm³/mol. The molecule has 34 heavy (non-hydrogen) atoms. The number of hydrogen-bond donors (Lipinski definition) is 1. The molecule has 1 aromatic heterocycles. The lowest BCUT2D eigenvalue weighted by Crippen LogP contribution is -2.16. The predicted octanol–water partition coefficient (Wildman–Crippen LogP) is 7.45. The van der Waals surface area contributed by atoms with Crippen LogP contribution in [0, 0.1) is 0 Å². The monoisotopic (exact) mass is 576 g/mol. The van der Waals surface area contributed by atoms with Crippen molar-refractivity contribution >= 4 is 65.7 Å². The molecule has 0 atom stereocenters. The van der Waals surface area contributed by atoms with Gasteiger partial charge < -0.3 is 9.15 Å². The molecule has 5 aromatic rings. The maximum atomic E-state index is 12.5. The largest absolute Gasteiger partial charge is 0.488 e. The van der Waals surface area contributed by atoms with E-state index in [1.165, 1.54) is 5.39 Å². The van der Waals surface area contributed by atoms with E-state index in [0.717, 1.165) is 30.8 Å². The highest BCUT2D eigenvalue weighted by molar-refractivity contribution is 9.10. The SMILES string of the molecule is O=C(N/N=C\c1cc(Br)ccc1OCc1cccc2ccccc12)c1cc2cc(Br)ccc2o1. The van der Waals surface area contributed by atoms with E-state index in [1.54, 1.807) is 18.3 Å². The average molecular weight is 578 g/mol. The van der Waals surface area contributed by atoms with Gasteiger partial charge in [-0.1, -0.05) is 74.3 Å². The van der Waals surface area contributed by atoms with Gasteiger partial charge in [0.25, 0.3) is 0 Å². The lowest BCUT2D eigenvalue weighted by Gasteiger charge is -2.11. The first-order valence-electron chi connectivity index (χ1n) is 10.5. The van der Waals surface area contributed by atoms with Crippen molar-refractivity contribution in [2.24, 2.45) is 5.10 Å². The van der Waals surface area contributed by atoms with Crippen molar-refractivity contribution in [3.63, 3.8) is 0 Å².